The van der Waals surface area contributed by atoms with Crippen LogP contribution in [-0.2, 0) is 0 Å². The normalized spacial score (nSPS) is 12.2. The average Bonchev–Trinajstić information content (AvgIpc) is 3.48. The zero-order chi connectivity index (χ0) is 19.6. The summed E-state index contributed by atoms with van der Waals surface area (Å²) in [7, 11) is 0. The maximum Gasteiger partial charge on any atom is 0.172 e. The minimum Gasteiger partial charge on any atom is -0.363 e. The number of aromatic nitrogens is 4. The Kier molecular flexibility index (Phi) is 4.54. The Balaban J connectivity index is 1.47. The molecule has 5 aromatic rings. The first-order valence-electron chi connectivity index (χ1n) is 9.43. The molecule has 0 aliphatic rings. The summed E-state index contributed by atoms with van der Waals surface area (Å²) >= 11 is 1.65. The fourth-order valence-electron chi connectivity index (χ4n) is 3.34. The highest BCUT2D eigenvalue weighted by atomic mass is 32.1. The van der Waals surface area contributed by atoms with Gasteiger partial charge in [-0.25, -0.2) is 15.0 Å². The molecule has 6 heteroatoms. The Morgan fingerprint density at radius 1 is 0.966 bits per heavy atom. The van der Waals surface area contributed by atoms with Gasteiger partial charge in [-0.05, 0) is 48.2 Å². The number of nitrogens with zero attached hydrogens (tertiary/aromatic N) is 4. The van der Waals surface area contributed by atoms with Crippen molar-refractivity contribution in [2.45, 2.75) is 13.0 Å². The summed E-state index contributed by atoms with van der Waals surface area (Å²) < 4.78 is 1.99. The molecular formula is C23H19N5S. The molecule has 0 fully saturated rings. The van der Waals surface area contributed by atoms with E-state index in [1.54, 1.807) is 23.9 Å². The van der Waals surface area contributed by atoms with Crippen LogP contribution in [0.25, 0.3) is 27.3 Å². The number of rotatable bonds is 5. The second-order valence-corrected chi connectivity index (χ2v) is 7.77. The summed E-state index contributed by atoms with van der Waals surface area (Å²) in [6.07, 6.45) is 5.52. The fourth-order valence-corrected chi connectivity index (χ4v) is 4.00. The minimum absolute atomic E-state index is 0.0985. The Labute approximate surface area is 172 Å². The summed E-state index contributed by atoms with van der Waals surface area (Å²) in [6, 6.07) is 20.8. The standard InChI is InChI=1S/C23H19N5S/c1-16(17-8-10-18(11-9-17)28-13-12-24-15-28)25-22-19-5-2-3-6-20(19)26-23(27-22)21-7-4-14-29-21/h2-16H,1H3,(H,25,26,27)/t16-/m0/s1. The van der Waals surface area contributed by atoms with E-state index >= 15 is 0 Å². The molecule has 0 amide bonds. The van der Waals surface area contributed by atoms with Crippen LogP contribution in [-0.4, -0.2) is 19.5 Å². The minimum atomic E-state index is 0.0985. The van der Waals surface area contributed by atoms with E-state index in [9.17, 15) is 0 Å². The smallest absolute Gasteiger partial charge is 0.172 e. The molecule has 0 spiro atoms. The van der Waals surface area contributed by atoms with Gasteiger partial charge in [0, 0.05) is 29.5 Å². The molecule has 5 nitrogen and oxygen atoms in total. The van der Waals surface area contributed by atoms with Gasteiger partial charge in [-0.2, -0.15) is 0 Å². The summed E-state index contributed by atoms with van der Waals surface area (Å²) in [6.45, 7) is 2.15. The van der Waals surface area contributed by atoms with E-state index < -0.39 is 0 Å². The van der Waals surface area contributed by atoms with Gasteiger partial charge in [0.25, 0.3) is 0 Å². The van der Waals surface area contributed by atoms with Crippen molar-refractivity contribution in [1.82, 2.24) is 19.5 Å². The summed E-state index contributed by atoms with van der Waals surface area (Å²) in [4.78, 5) is 14.8. The number of para-hydroxylation sites is 1. The van der Waals surface area contributed by atoms with Gasteiger partial charge in [0.2, 0.25) is 0 Å². The second-order valence-electron chi connectivity index (χ2n) is 6.82. The van der Waals surface area contributed by atoms with Gasteiger partial charge < -0.3 is 9.88 Å². The Bertz CT molecular complexity index is 1230. The van der Waals surface area contributed by atoms with Crippen molar-refractivity contribution in [3.63, 3.8) is 0 Å². The fraction of sp³-hybridized carbons (Fsp3) is 0.0870. The summed E-state index contributed by atoms with van der Waals surface area (Å²) in [5.74, 6) is 1.61. The van der Waals surface area contributed by atoms with Crippen LogP contribution in [0.4, 0.5) is 5.82 Å². The van der Waals surface area contributed by atoms with E-state index in [1.807, 2.05) is 40.4 Å². The van der Waals surface area contributed by atoms with Crippen LogP contribution in [0.3, 0.4) is 0 Å². The van der Waals surface area contributed by atoms with Gasteiger partial charge in [0.05, 0.1) is 16.7 Å². The number of benzene rings is 2. The Morgan fingerprint density at radius 3 is 2.59 bits per heavy atom. The predicted molar refractivity (Wildman–Crippen MR) is 118 cm³/mol. The molecule has 29 heavy (non-hydrogen) atoms. The van der Waals surface area contributed by atoms with Gasteiger partial charge in [-0.1, -0.05) is 30.3 Å². The zero-order valence-corrected chi connectivity index (χ0v) is 16.7. The third-order valence-electron chi connectivity index (χ3n) is 4.89. The van der Waals surface area contributed by atoms with Crippen molar-refractivity contribution < 1.29 is 0 Å². The summed E-state index contributed by atoms with van der Waals surface area (Å²) in [5, 5.41) is 6.66. The molecule has 0 aliphatic carbocycles. The number of hydrogen-bond donors (Lipinski definition) is 1. The molecule has 0 aliphatic heterocycles. The average molecular weight is 398 g/mol. The molecule has 5 rings (SSSR count). The number of imidazole rings is 1. The maximum atomic E-state index is 4.84. The lowest BCUT2D eigenvalue weighted by Crippen LogP contribution is -2.09. The molecule has 0 bridgehead atoms. The number of anilines is 1. The zero-order valence-electron chi connectivity index (χ0n) is 15.9. The van der Waals surface area contributed by atoms with Crippen molar-refractivity contribution >= 4 is 28.1 Å². The first-order chi connectivity index (χ1) is 14.3. The lowest BCUT2D eigenvalue weighted by Gasteiger charge is -2.17. The molecule has 0 saturated heterocycles. The lowest BCUT2D eigenvalue weighted by molar-refractivity contribution is 0.875. The van der Waals surface area contributed by atoms with Crippen LogP contribution < -0.4 is 5.32 Å². The molecule has 0 saturated carbocycles. The van der Waals surface area contributed by atoms with Crippen LogP contribution in [0.2, 0.25) is 0 Å². The molecule has 142 valence electrons. The largest absolute Gasteiger partial charge is 0.363 e. The molecule has 0 unspecified atom stereocenters. The molecule has 1 N–H and O–H groups in total. The highest BCUT2D eigenvalue weighted by molar-refractivity contribution is 7.13. The summed E-state index contributed by atoms with van der Waals surface area (Å²) in [5.41, 5.74) is 3.22. The lowest BCUT2D eigenvalue weighted by atomic mass is 10.1. The molecule has 2 aromatic carbocycles. The van der Waals surface area contributed by atoms with E-state index in [2.05, 4.69) is 53.6 Å². The van der Waals surface area contributed by atoms with Crippen molar-refractivity contribution in [1.29, 1.82) is 0 Å². The van der Waals surface area contributed by atoms with E-state index in [0.717, 1.165) is 33.1 Å². The van der Waals surface area contributed by atoms with E-state index in [-0.39, 0.29) is 6.04 Å². The molecule has 0 radical (unpaired) electrons. The highest BCUT2D eigenvalue weighted by Crippen LogP contribution is 2.29. The van der Waals surface area contributed by atoms with Crippen molar-refractivity contribution in [2.75, 3.05) is 5.32 Å². The number of fused-ring (bicyclic) bond motifs is 1. The van der Waals surface area contributed by atoms with Crippen molar-refractivity contribution in [2.24, 2.45) is 0 Å². The second kappa shape index (κ2) is 7.48. The van der Waals surface area contributed by atoms with Crippen molar-refractivity contribution in [3.05, 3.63) is 90.3 Å². The van der Waals surface area contributed by atoms with Crippen LogP contribution in [0, 0.1) is 0 Å². The SMILES string of the molecule is C[C@H](Nc1nc(-c2cccs2)nc2ccccc12)c1ccc(-n2ccnc2)cc1. The van der Waals surface area contributed by atoms with Gasteiger partial charge in [-0.3, -0.25) is 0 Å². The van der Waals surface area contributed by atoms with E-state index in [4.69, 9.17) is 9.97 Å². The monoisotopic (exact) mass is 397 g/mol. The topological polar surface area (TPSA) is 55.6 Å². The van der Waals surface area contributed by atoms with Gasteiger partial charge in [-0.15, -0.1) is 11.3 Å². The maximum absolute atomic E-state index is 4.84. The molecule has 1 atom stereocenters. The van der Waals surface area contributed by atoms with Crippen LogP contribution >= 0.6 is 11.3 Å². The first kappa shape index (κ1) is 17.6. The predicted octanol–water partition coefficient (Wildman–Crippen LogP) is 5.72. The quantitative estimate of drug-likeness (QED) is 0.412. The van der Waals surface area contributed by atoms with Crippen LogP contribution in [0.5, 0.6) is 0 Å². The molecular weight excluding hydrogens is 378 g/mol. The molecule has 3 aromatic heterocycles. The third-order valence-corrected chi connectivity index (χ3v) is 5.76. The van der Waals surface area contributed by atoms with E-state index in [1.165, 1.54) is 5.56 Å². The van der Waals surface area contributed by atoms with Gasteiger partial charge in [0.15, 0.2) is 5.82 Å². The van der Waals surface area contributed by atoms with E-state index in [0.29, 0.717) is 0 Å². The number of thiophene rings is 1. The van der Waals surface area contributed by atoms with Gasteiger partial charge >= 0.3 is 0 Å². The van der Waals surface area contributed by atoms with Gasteiger partial charge in [0.1, 0.15) is 5.82 Å². The molecule has 3 heterocycles. The Morgan fingerprint density at radius 2 is 1.83 bits per heavy atom. The number of hydrogen-bond acceptors (Lipinski definition) is 5. The Hall–Kier alpha value is -3.51. The number of nitrogens with one attached hydrogen (secondary N) is 1. The first-order valence-corrected chi connectivity index (χ1v) is 10.3. The third kappa shape index (κ3) is 3.50. The van der Waals surface area contributed by atoms with Crippen molar-refractivity contribution in [3.8, 4) is 16.4 Å². The van der Waals surface area contributed by atoms with Crippen LogP contribution in [0.15, 0.2) is 84.8 Å². The van der Waals surface area contributed by atoms with Crippen LogP contribution in [0.1, 0.15) is 18.5 Å². The highest BCUT2D eigenvalue weighted by Gasteiger charge is 2.13.